The number of likely N-dealkylation sites (N-methyl/N-ethyl adjacent to an activating group) is 1. The molecule has 0 saturated heterocycles. The van der Waals surface area contributed by atoms with Gasteiger partial charge in [-0.2, -0.15) is 0 Å². The summed E-state index contributed by atoms with van der Waals surface area (Å²) in [5.41, 5.74) is 1.44. The summed E-state index contributed by atoms with van der Waals surface area (Å²) >= 11 is 12.0. The molecule has 0 bridgehead atoms. The summed E-state index contributed by atoms with van der Waals surface area (Å²) in [6.07, 6.45) is 7.13. The standard InChI is InChI=1S/C33H40Cl2N2O4.HI/c1-37(2,3)31(23-25-13-9-8-10-14-25)32(38)36-21-11-6-4-5-7-12-22-40-27-16-18-28(19-17-27)41-33(39)29-20-15-26(34)24-30(29)35;/h8-10,13-20,24,31H,4-7,11-12,21-23H2,1-3H3;1H. The zero-order valence-corrected chi connectivity index (χ0v) is 28.3. The summed E-state index contributed by atoms with van der Waals surface area (Å²) in [4.78, 5) is 25.2. The third kappa shape index (κ3) is 12.5. The van der Waals surface area contributed by atoms with Crippen LogP contribution in [0, 0.1) is 0 Å². The second kappa shape index (κ2) is 18.4. The average molecular weight is 728 g/mol. The Hall–Kier alpha value is -2.33. The number of unbranched alkanes of at least 4 members (excludes halogenated alkanes) is 5. The van der Waals surface area contributed by atoms with Gasteiger partial charge in [-0.1, -0.05) is 79.2 Å². The van der Waals surface area contributed by atoms with Gasteiger partial charge in [-0.3, -0.25) is 4.79 Å². The molecule has 0 aliphatic rings. The van der Waals surface area contributed by atoms with Gasteiger partial charge in [0.25, 0.3) is 5.91 Å². The highest BCUT2D eigenvalue weighted by Gasteiger charge is 2.31. The SMILES string of the molecule is C[N+](C)(C)C(Cc1ccccc1)C(=O)NCCCCCCCCOc1ccc(OC(=O)c2ccc(Cl)cc2Cl)cc1.[I-]. The number of nitrogens with zero attached hydrogens (tertiary/aromatic N) is 1. The van der Waals surface area contributed by atoms with Crippen LogP contribution in [0.3, 0.4) is 0 Å². The van der Waals surface area contributed by atoms with Crippen molar-refractivity contribution in [2.45, 2.75) is 51.0 Å². The molecule has 3 aromatic rings. The molecule has 42 heavy (non-hydrogen) atoms. The minimum absolute atomic E-state index is 0. The van der Waals surface area contributed by atoms with E-state index in [9.17, 15) is 9.59 Å². The summed E-state index contributed by atoms with van der Waals surface area (Å²) in [7, 11) is 6.22. The van der Waals surface area contributed by atoms with E-state index >= 15 is 0 Å². The molecule has 3 rings (SSSR count). The molecule has 1 N–H and O–H groups in total. The first-order valence-corrected chi connectivity index (χ1v) is 14.9. The fourth-order valence-electron chi connectivity index (χ4n) is 4.43. The quantitative estimate of drug-likeness (QED) is 0.0784. The Bertz CT molecular complexity index is 1250. The minimum Gasteiger partial charge on any atom is -1.00 e. The number of rotatable bonds is 16. The van der Waals surface area contributed by atoms with Crippen LogP contribution in [0.15, 0.2) is 72.8 Å². The largest absolute Gasteiger partial charge is 1.00 e. The van der Waals surface area contributed by atoms with E-state index in [0.29, 0.717) is 28.4 Å². The molecule has 0 aliphatic heterocycles. The summed E-state index contributed by atoms with van der Waals surface area (Å²) < 4.78 is 11.8. The van der Waals surface area contributed by atoms with Gasteiger partial charge in [0.15, 0.2) is 6.04 Å². The van der Waals surface area contributed by atoms with Gasteiger partial charge in [-0.15, -0.1) is 0 Å². The highest BCUT2D eigenvalue weighted by atomic mass is 127. The lowest BCUT2D eigenvalue weighted by molar-refractivity contribution is -0.886. The lowest BCUT2D eigenvalue weighted by Crippen LogP contribution is -3.00. The summed E-state index contributed by atoms with van der Waals surface area (Å²) in [5, 5.41) is 3.86. The number of ether oxygens (including phenoxy) is 2. The van der Waals surface area contributed by atoms with Crippen LogP contribution in [-0.2, 0) is 11.2 Å². The second-order valence-corrected chi connectivity index (χ2v) is 11.9. The molecule has 9 heteroatoms. The zero-order chi connectivity index (χ0) is 29.7. The third-order valence-corrected chi connectivity index (χ3v) is 7.38. The summed E-state index contributed by atoms with van der Waals surface area (Å²) in [5.74, 6) is 0.716. The van der Waals surface area contributed by atoms with Crippen LogP contribution >= 0.6 is 23.2 Å². The van der Waals surface area contributed by atoms with Crippen molar-refractivity contribution in [3.63, 3.8) is 0 Å². The molecule has 0 aliphatic carbocycles. The van der Waals surface area contributed by atoms with Crippen molar-refractivity contribution < 1.29 is 47.5 Å². The van der Waals surface area contributed by atoms with Gasteiger partial charge in [-0.25, -0.2) is 4.79 Å². The zero-order valence-electron chi connectivity index (χ0n) is 24.6. The molecule has 0 fully saturated rings. The first-order chi connectivity index (χ1) is 19.6. The third-order valence-electron chi connectivity index (χ3n) is 6.83. The van der Waals surface area contributed by atoms with Crippen molar-refractivity contribution in [2.24, 2.45) is 0 Å². The monoisotopic (exact) mass is 726 g/mol. The molecule has 1 amide bonds. The van der Waals surface area contributed by atoms with E-state index in [1.54, 1.807) is 30.3 Å². The van der Waals surface area contributed by atoms with Gasteiger partial charge in [0.05, 0.1) is 38.3 Å². The van der Waals surface area contributed by atoms with Gasteiger partial charge in [0.1, 0.15) is 11.5 Å². The predicted molar refractivity (Wildman–Crippen MR) is 166 cm³/mol. The minimum atomic E-state index is -0.542. The second-order valence-electron chi connectivity index (χ2n) is 11.1. The van der Waals surface area contributed by atoms with Crippen molar-refractivity contribution >= 4 is 35.1 Å². The van der Waals surface area contributed by atoms with Crippen molar-refractivity contribution in [1.29, 1.82) is 0 Å². The first-order valence-electron chi connectivity index (χ1n) is 14.2. The summed E-state index contributed by atoms with van der Waals surface area (Å²) in [6.45, 7) is 1.34. The molecule has 1 atom stereocenters. The normalized spacial score (nSPS) is 11.7. The molecular formula is C33H41Cl2IN2O4. The lowest BCUT2D eigenvalue weighted by atomic mass is 10.0. The van der Waals surface area contributed by atoms with E-state index in [-0.39, 0.29) is 46.5 Å². The Labute approximate surface area is 277 Å². The van der Waals surface area contributed by atoms with E-state index in [2.05, 4.69) is 38.6 Å². The lowest BCUT2D eigenvalue weighted by Gasteiger charge is -2.33. The smallest absolute Gasteiger partial charge is 0.345 e. The van der Waals surface area contributed by atoms with E-state index in [1.165, 1.54) is 17.7 Å². The number of carbonyl (C=O) groups is 2. The number of nitrogens with one attached hydrogen (secondary N) is 1. The Morgan fingerprint density at radius 2 is 1.43 bits per heavy atom. The van der Waals surface area contributed by atoms with Crippen LogP contribution in [0.4, 0.5) is 0 Å². The van der Waals surface area contributed by atoms with E-state index in [4.69, 9.17) is 32.7 Å². The molecule has 0 saturated carbocycles. The van der Waals surface area contributed by atoms with E-state index in [1.807, 2.05) is 18.2 Å². The van der Waals surface area contributed by atoms with E-state index < -0.39 is 5.97 Å². The molecule has 6 nitrogen and oxygen atoms in total. The van der Waals surface area contributed by atoms with Gasteiger partial charge in [-0.05, 0) is 60.9 Å². The molecule has 1 unspecified atom stereocenters. The van der Waals surface area contributed by atoms with Gasteiger partial charge in [0, 0.05) is 18.0 Å². The number of hydrogen-bond acceptors (Lipinski definition) is 4. The molecule has 0 heterocycles. The summed E-state index contributed by atoms with van der Waals surface area (Å²) in [6, 6.07) is 21.7. The number of carbonyl (C=O) groups excluding carboxylic acids is 2. The maximum absolute atomic E-state index is 12.9. The number of esters is 1. The maximum atomic E-state index is 12.9. The highest BCUT2D eigenvalue weighted by molar-refractivity contribution is 6.36. The van der Waals surface area contributed by atoms with Crippen LogP contribution in [0.1, 0.15) is 54.4 Å². The van der Waals surface area contributed by atoms with Crippen LogP contribution in [0.25, 0.3) is 0 Å². The first kappa shape index (κ1) is 35.9. The Balaban J connectivity index is 0.00000616. The van der Waals surface area contributed by atoms with E-state index in [0.717, 1.165) is 50.7 Å². The highest BCUT2D eigenvalue weighted by Crippen LogP contribution is 2.24. The van der Waals surface area contributed by atoms with Gasteiger partial charge < -0.3 is 43.3 Å². The maximum Gasteiger partial charge on any atom is 0.345 e. The van der Waals surface area contributed by atoms with Crippen molar-refractivity contribution in [2.75, 3.05) is 34.3 Å². The molecular weight excluding hydrogens is 686 g/mol. The fourth-order valence-corrected chi connectivity index (χ4v) is 4.92. The average Bonchev–Trinajstić information content (AvgIpc) is 2.93. The number of benzene rings is 3. The Morgan fingerprint density at radius 3 is 2.07 bits per heavy atom. The van der Waals surface area contributed by atoms with Crippen LogP contribution < -0.4 is 38.8 Å². The Morgan fingerprint density at radius 1 is 0.810 bits per heavy atom. The number of hydrogen-bond donors (Lipinski definition) is 1. The predicted octanol–water partition coefficient (Wildman–Crippen LogP) is 4.37. The number of halogens is 3. The topological polar surface area (TPSA) is 64.6 Å². The number of amides is 1. The number of quaternary nitrogens is 1. The van der Waals surface area contributed by atoms with Crippen molar-refractivity contribution in [3.05, 3.63) is 94.0 Å². The molecule has 228 valence electrons. The van der Waals surface area contributed by atoms with Crippen molar-refractivity contribution in [1.82, 2.24) is 5.32 Å². The molecule has 0 radical (unpaired) electrons. The van der Waals surface area contributed by atoms with Crippen LogP contribution in [0.2, 0.25) is 10.0 Å². The fraction of sp³-hybridized carbons (Fsp3) is 0.394. The van der Waals surface area contributed by atoms with Crippen LogP contribution in [-0.4, -0.2) is 56.7 Å². The molecule has 0 aromatic heterocycles. The van der Waals surface area contributed by atoms with Crippen molar-refractivity contribution in [3.8, 4) is 11.5 Å². The molecule has 3 aromatic carbocycles. The van der Waals surface area contributed by atoms with Gasteiger partial charge >= 0.3 is 5.97 Å². The Kier molecular flexibility index (Phi) is 15.7. The van der Waals surface area contributed by atoms with Crippen LogP contribution in [0.5, 0.6) is 11.5 Å². The molecule has 0 spiro atoms. The van der Waals surface area contributed by atoms with Gasteiger partial charge in [0.2, 0.25) is 0 Å².